The highest BCUT2D eigenvalue weighted by Crippen LogP contribution is 2.29. The standard InChI is InChI=1S/C14H13ClO/c1-2-10-4-3-5-11(8-10)12-6-7-13(15)14(16)9-12/h3-9,16H,2H2,1H3. The molecule has 2 heteroatoms. The highest BCUT2D eigenvalue weighted by atomic mass is 35.5. The predicted molar refractivity (Wildman–Crippen MR) is 67.9 cm³/mol. The number of aryl methyl sites for hydroxylation is 1. The molecule has 0 bridgehead atoms. The molecule has 0 saturated carbocycles. The lowest BCUT2D eigenvalue weighted by atomic mass is 10.0. The van der Waals surface area contributed by atoms with Crippen molar-refractivity contribution in [2.75, 3.05) is 0 Å². The van der Waals surface area contributed by atoms with Crippen molar-refractivity contribution in [1.82, 2.24) is 0 Å². The fourth-order valence-electron chi connectivity index (χ4n) is 1.66. The Balaban J connectivity index is 2.46. The van der Waals surface area contributed by atoms with Gasteiger partial charge in [-0.2, -0.15) is 0 Å². The van der Waals surface area contributed by atoms with Crippen molar-refractivity contribution in [2.45, 2.75) is 13.3 Å². The van der Waals surface area contributed by atoms with Crippen LogP contribution in [0.3, 0.4) is 0 Å². The third-order valence-electron chi connectivity index (χ3n) is 2.61. The van der Waals surface area contributed by atoms with E-state index in [4.69, 9.17) is 11.6 Å². The number of halogens is 1. The second-order valence-electron chi connectivity index (χ2n) is 3.72. The van der Waals surface area contributed by atoms with Gasteiger partial charge in [0.15, 0.2) is 0 Å². The molecule has 0 aromatic heterocycles. The Hall–Kier alpha value is -1.47. The van der Waals surface area contributed by atoms with E-state index in [-0.39, 0.29) is 5.75 Å². The molecule has 0 spiro atoms. The maximum absolute atomic E-state index is 9.56. The van der Waals surface area contributed by atoms with Crippen LogP contribution in [0.4, 0.5) is 0 Å². The SMILES string of the molecule is CCc1cccc(-c2ccc(Cl)c(O)c2)c1. The van der Waals surface area contributed by atoms with Crippen LogP contribution in [0.15, 0.2) is 42.5 Å². The number of benzene rings is 2. The fraction of sp³-hybridized carbons (Fsp3) is 0.143. The van der Waals surface area contributed by atoms with Gasteiger partial charge in [-0.25, -0.2) is 0 Å². The van der Waals surface area contributed by atoms with Crippen molar-refractivity contribution in [3.05, 3.63) is 53.1 Å². The molecule has 2 rings (SSSR count). The van der Waals surface area contributed by atoms with Gasteiger partial charge in [0.2, 0.25) is 0 Å². The minimum Gasteiger partial charge on any atom is -0.506 e. The summed E-state index contributed by atoms with van der Waals surface area (Å²) in [4.78, 5) is 0. The smallest absolute Gasteiger partial charge is 0.134 e. The van der Waals surface area contributed by atoms with Gasteiger partial charge in [-0.3, -0.25) is 0 Å². The molecule has 0 amide bonds. The monoisotopic (exact) mass is 232 g/mol. The highest BCUT2D eigenvalue weighted by Gasteiger charge is 2.02. The number of hydrogen-bond acceptors (Lipinski definition) is 1. The van der Waals surface area contributed by atoms with Crippen LogP contribution in [0.2, 0.25) is 5.02 Å². The summed E-state index contributed by atoms with van der Waals surface area (Å²) < 4.78 is 0. The van der Waals surface area contributed by atoms with E-state index in [1.807, 2.05) is 18.2 Å². The van der Waals surface area contributed by atoms with Gasteiger partial charge in [0.05, 0.1) is 5.02 Å². The van der Waals surface area contributed by atoms with E-state index in [2.05, 4.69) is 19.1 Å². The van der Waals surface area contributed by atoms with Gasteiger partial charge in [-0.05, 0) is 35.2 Å². The topological polar surface area (TPSA) is 20.2 Å². The van der Waals surface area contributed by atoms with Crippen molar-refractivity contribution >= 4 is 11.6 Å². The molecule has 16 heavy (non-hydrogen) atoms. The molecule has 0 aliphatic heterocycles. The minimum absolute atomic E-state index is 0.126. The summed E-state index contributed by atoms with van der Waals surface area (Å²) in [6.07, 6.45) is 1.01. The van der Waals surface area contributed by atoms with Crippen LogP contribution in [0, 0.1) is 0 Å². The quantitative estimate of drug-likeness (QED) is 0.820. The molecule has 0 atom stereocenters. The van der Waals surface area contributed by atoms with E-state index in [0.29, 0.717) is 5.02 Å². The molecular formula is C14H13ClO. The van der Waals surface area contributed by atoms with E-state index in [1.54, 1.807) is 12.1 Å². The number of phenols is 1. The lowest BCUT2D eigenvalue weighted by molar-refractivity contribution is 0.476. The maximum Gasteiger partial charge on any atom is 0.134 e. The van der Waals surface area contributed by atoms with Crippen molar-refractivity contribution < 1.29 is 5.11 Å². The first kappa shape index (κ1) is 11.0. The first-order valence-corrected chi connectivity index (χ1v) is 5.66. The zero-order chi connectivity index (χ0) is 11.5. The predicted octanol–water partition coefficient (Wildman–Crippen LogP) is 4.28. The zero-order valence-electron chi connectivity index (χ0n) is 9.07. The summed E-state index contributed by atoms with van der Waals surface area (Å²) in [5.41, 5.74) is 3.37. The average molecular weight is 233 g/mol. The van der Waals surface area contributed by atoms with E-state index >= 15 is 0 Å². The largest absolute Gasteiger partial charge is 0.506 e. The summed E-state index contributed by atoms with van der Waals surface area (Å²) in [5, 5.41) is 9.94. The summed E-state index contributed by atoms with van der Waals surface area (Å²) in [6, 6.07) is 13.6. The number of phenolic OH excluding ortho intramolecular Hbond substituents is 1. The minimum atomic E-state index is 0.126. The van der Waals surface area contributed by atoms with Gasteiger partial charge in [-0.1, -0.05) is 48.9 Å². The highest BCUT2D eigenvalue weighted by molar-refractivity contribution is 6.32. The second kappa shape index (κ2) is 4.58. The van der Waals surface area contributed by atoms with Crippen LogP contribution >= 0.6 is 11.6 Å². The Morgan fingerprint density at radius 2 is 1.81 bits per heavy atom. The van der Waals surface area contributed by atoms with Crippen molar-refractivity contribution in [1.29, 1.82) is 0 Å². The van der Waals surface area contributed by atoms with E-state index < -0.39 is 0 Å². The third-order valence-corrected chi connectivity index (χ3v) is 2.93. The van der Waals surface area contributed by atoms with Gasteiger partial charge in [0, 0.05) is 0 Å². The lowest BCUT2D eigenvalue weighted by Crippen LogP contribution is -1.82. The van der Waals surface area contributed by atoms with Gasteiger partial charge < -0.3 is 5.11 Å². The van der Waals surface area contributed by atoms with Crippen molar-refractivity contribution in [3.8, 4) is 16.9 Å². The molecule has 0 saturated heterocycles. The Bertz CT molecular complexity index is 506. The summed E-state index contributed by atoms with van der Waals surface area (Å²) in [5.74, 6) is 0.126. The Labute approximate surface area is 100 Å². The molecule has 1 N–H and O–H groups in total. The summed E-state index contributed by atoms with van der Waals surface area (Å²) >= 11 is 5.78. The van der Waals surface area contributed by atoms with Crippen molar-refractivity contribution in [2.24, 2.45) is 0 Å². The normalized spacial score (nSPS) is 10.4. The molecule has 2 aromatic carbocycles. The van der Waals surface area contributed by atoms with Gasteiger partial charge in [0.25, 0.3) is 0 Å². The Morgan fingerprint density at radius 1 is 1.06 bits per heavy atom. The van der Waals surface area contributed by atoms with E-state index in [1.165, 1.54) is 5.56 Å². The van der Waals surface area contributed by atoms with Crippen LogP contribution < -0.4 is 0 Å². The number of aromatic hydroxyl groups is 1. The molecule has 0 fully saturated rings. The molecule has 0 heterocycles. The Kier molecular flexibility index (Phi) is 3.16. The molecular weight excluding hydrogens is 220 g/mol. The van der Waals surface area contributed by atoms with Gasteiger partial charge >= 0.3 is 0 Å². The number of hydrogen-bond donors (Lipinski definition) is 1. The summed E-state index contributed by atoms with van der Waals surface area (Å²) in [6.45, 7) is 2.12. The van der Waals surface area contributed by atoms with Crippen LogP contribution in [0.1, 0.15) is 12.5 Å². The van der Waals surface area contributed by atoms with Crippen LogP contribution in [-0.2, 0) is 6.42 Å². The van der Waals surface area contributed by atoms with Gasteiger partial charge in [0.1, 0.15) is 5.75 Å². The molecule has 2 aromatic rings. The van der Waals surface area contributed by atoms with Crippen molar-refractivity contribution in [3.63, 3.8) is 0 Å². The summed E-state index contributed by atoms with van der Waals surface area (Å²) in [7, 11) is 0. The van der Waals surface area contributed by atoms with E-state index in [0.717, 1.165) is 17.5 Å². The zero-order valence-corrected chi connectivity index (χ0v) is 9.83. The maximum atomic E-state index is 9.56. The van der Waals surface area contributed by atoms with Crippen LogP contribution in [0.5, 0.6) is 5.75 Å². The third kappa shape index (κ3) is 2.20. The molecule has 82 valence electrons. The molecule has 0 aliphatic carbocycles. The fourth-order valence-corrected chi connectivity index (χ4v) is 1.78. The first-order chi connectivity index (χ1) is 7.70. The van der Waals surface area contributed by atoms with Gasteiger partial charge in [-0.15, -0.1) is 0 Å². The molecule has 1 nitrogen and oxygen atoms in total. The number of rotatable bonds is 2. The Morgan fingerprint density at radius 3 is 2.50 bits per heavy atom. The molecule has 0 radical (unpaired) electrons. The van der Waals surface area contributed by atoms with Crippen LogP contribution in [-0.4, -0.2) is 5.11 Å². The van der Waals surface area contributed by atoms with E-state index in [9.17, 15) is 5.11 Å². The molecule has 0 aliphatic rings. The average Bonchev–Trinajstić information content (AvgIpc) is 2.33. The lowest BCUT2D eigenvalue weighted by Gasteiger charge is -2.05. The van der Waals surface area contributed by atoms with Crippen LogP contribution in [0.25, 0.3) is 11.1 Å². The molecule has 0 unspecified atom stereocenters. The second-order valence-corrected chi connectivity index (χ2v) is 4.13. The first-order valence-electron chi connectivity index (χ1n) is 5.28.